The van der Waals surface area contributed by atoms with Crippen LogP contribution in [0.1, 0.15) is 27.9 Å². The fourth-order valence-corrected chi connectivity index (χ4v) is 3.90. The lowest BCUT2D eigenvalue weighted by atomic mass is 10.1. The van der Waals surface area contributed by atoms with E-state index in [2.05, 4.69) is 5.32 Å². The van der Waals surface area contributed by atoms with Crippen molar-refractivity contribution >= 4 is 29.0 Å². The van der Waals surface area contributed by atoms with E-state index < -0.39 is 22.5 Å². The number of carbonyl (C=O) groups excluding carboxylic acids is 2. The summed E-state index contributed by atoms with van der Waals surface area (Å²) in [6, 6.07) is 14.2. The predicted octanol–water partition coefficient (Wildman–Crippen LogP) is 5.27. The van der Waals surface area contributed by atoms with Gasteiger partial charge in [0, 0.05) is 48.2 Å². The largest absolute Gasteiger partial charge is 0.324 e. The Morgan fingerprint density at radius 3 is 2.46 bits per heavy atom. The Bertz CT molecular complexity index is 1300. The number of halogens is 2. The number of nitrogens with one attached hydrogen (secondary N) is 1. The number of nitro benzene ring substituents is 1. The van der Waals surface area contributed by atoms with E-state index in [4.69, 9.17) is 0 Å². The maximum absolute atomic E-state index is 13.5. The maximum atomic E-state index is 13.5. The van der Waals surface area contributed by atoms with Crippen molar-refractivity contribution in [3.8, 4) is 0 Å². The molecule has 180 valence electrons. The Balaban J connectivity index is 1.43. The quantitative estimate of drug-likeness (QED) is 0.384. The van der Waals surface area contributed by atoms with E-state index in [1.54, 1.807) is 41.0 Å². The summed E-state index contributed by atoms with van der Waals surface area (Å²) in [6.07, 6.45) is 0.695. The smallest absolute Gasteiger partial charge is 0.322 e. The average Bonchev–Trinajstić information content (AvgIpc) is 2.83. The van der Waals surface area contributed by atoms with Crippen molar-refractivity contribution < 1.29 is 23.3 Å². The number of nitro groups is 1. The molecule has 3 aromatic rings. The van der Waals surface area contributed by atoms with Gasteiger partial charge in [-0.15, -0.1) is 0 Å². The number of amides is 3. The van der Waals surface area contributed by atoms with Gasteiger partial charge in [-0.1, -0.05) is 12.1 Å². The molecule has 4 rings (SSSR count). The molecule has 1 N–H and O–H groups in total. The topological polar surface area (TPSA) is 95.8 Å². The van der Waals surface area contributed by atoms with Gasteiger partial charge in [-0.2, -0.15) is 0 Å². The summed E-state index contributed by atoms with van der Waals surface area (Å²) in [5.41, 5.74) is 2.06. The number of rotatable bonds is 6. The molecule has 0 unspecified atom stereocenters. The normalized spacial score (nSPS) is 13.6. The summed E-state index contributed by atoms with van der Waals surface area (Å²) in [7, 11) is 0. The molecule has 0 saturated carbocycles. The molecule has 0 aromatic heterocycles. The van der Waals surface area contributed by atoms with E-state index in [-0.39, 0.29) is 23.8 Å². The Morgan fingerprint density at radius 2 is 1.77 bits per heavy atom. The zero-order chi connectivity index (χ0) is 25.1. The highest BCUT2D eigenvalue weighted by atomic mass is 19.2. The average molecular weight is 480 g/mol. The highest BCUT2D eigenvalue weighted by molar-refractivity contribution is 6.05. The number of nitrogens with zero attached hydrogens (tertiary/aromatic N) is 3. The highest BCUT2D eigenvalue weighted by Crippen LogP contribution is 2.25. The van der Waals surface area contributed by atoms with Crippen molar-refractivity contribution in [1.82, 2.24) is 4.90 Å². The molecule has 0 atom stereocenters. The van der Waals surface area contributed by atoms with E-state index in [0.717, 1.165) is 12.1 Å². The van der Waals surface area contributed by atoms with Crippen molar-refractivity contribution in [3.63, 3.8) is 0 Å². The number of hydrogen-bond donors (Lipinski definition) is 1. The van der Waals surface area contributed by atoms with E-state index in [9.17, 15) is 28.5 Å². The molecule has 0 bridgehead atoms. The van der Waals surface area contributed by atoms with Crippen LogP contribution in [0.3, 0.4) is 0 Å². The molecule has 1 heterocycles. The number of benzene rings is 3. The Hall–Kier alpha value is -4.34. The molecule has 0 radical (unpaired) electrons. The minimum absolute atomic E-state index is 0.135. The fourth-order valence-electron chi connectivity index (χ4n) is 3.90. The van der Waals surface area contributed by atoms with Crippen LogP contribution in [0.25, 0.3) is 0 Å². The van der Waals surface area contributed by atoms with Gasteiger partial charge >= 0.3 is 6.03 Å². The molecule has 3 aromatic carbocycles. The van der Waals surface area contributed by atoms with Gasteiger partial charge in [0.2, 0.25) is 0 Å². The summed E-state index contributed by atoms with van der Waals surface area (Å²) in [5, 5.41) is 13.8. The molecule has 0 spiro atoms. The van der Waals surface area contributed by atoms with Crippen LogP contribution in [0.5, 0.6) is 0 Å². The minimum Gasteiger partial charge on any atom is -0.322 e. The summed E-state index contributed by atoms with van der Waals surface area (Å²) in [5.74, 6) is -2.39. The van der Waals surface area contributed by atoms with Crippen molar-refractivity contribution in [3.05, 3.63) is 99.1 Å². The van der Waals surface area contributed by atoms with Gasteiger partial charge < -0.3 is 10.2 Å². The molecule has 1 fully saturated rings. The lowest BCUT2D eigenvalue weighted by molar-refractivity contribution is -0.385. The second kappa shape index (κ2) is 9.88. The van der Waals surface area contributed by atoms with Gasteiger partial charge in [-0.3, -0.25) is 19.8 Å². The Morgan fingerprint density at radius 1 is 1.03 bits per heavy atom. The molecule has 3 amide bonds. The van der Waals surface area contributed by atoms with Gasteiger partial charge in [0.15, 0.2) is 11.6 Å². The third-order valence-corrected chi connectivity index (χ3v) is 5.77. The zero-order valence-electron chi connectivity index (χ0n) is 18.8. The van der Waals surface area contributed by atoms with Gasteiger partial charge in [0.05, 0.1) is 4.92 Å². The molecule has 8 nitrogen and oxygen atoms in total. The monoisotopic (exact) mass is 480 g/mol. The third-order valence-electron chi connectivity index (χ3n) is 5.77. The van der Waals surface area contributed by atoms with Crippen molar-refractivity contribution in [2.24, 2.45) is 0 Å². The van der Waals surface area contributed by atoms with Gasteiger partial charge in [-0.25, -0.2) is 13.6 Å². The van der Waals surface area contributed by atoms with Crippen LogP contribution < -0.4 is 10.2 Å². The third kappa shape index (κ3) is 5.26. The first kappa shape index (κ1) is 23.8. The van der Waals surface area contributed by atoms with Crippen molar-refractivity contribution in [2.75, 3.05) is 23.3 Å². The molecular weight excluding hydrogens is 458 g/mol. The molecule has 1 aliphatic heterocycles. The first-order valence-electron chi connectivity index (χ1n) is 10.9. The van der Waals surface area contributed by atoms with E-state index in [1.807, 2.05) is 0 Å². The number of anilines is 2. The second-order valence-electron chi connectivity index (χ2n) is 8.22. The Kier molecular flexibility index (Phi) is 6.72. The van der Waals surface area contributed by atoms with Crippen LogP contribution in [-0.4, -0.2) is 34.9 Å². The highest BCUT2D eigenvalue weighted by Gasteiger charge is 2.27. The van der Waals surface area contributed by atoms with Crippen molar-refractivity contribution in [2.45, 2.75) is 19.9 Å². The van der Waals surface area contributed by atoms with E-state index >= 15 is 0 Å². The van der Waals surface area contributed by atoms with Crippen LogP contribution in [0.4, 0.5) is 30.6 Å². The second-order valence-corrected chi connectivity index (χ2v) is 8.22. The lowest BCUT2D eigenvalue weighted by Crippen LogP contribution is -2.49. The SMILES string of the molecule is Cc1ccc(C(=O)Nc2ccc(N3CCCN(Cc4ccc(F)c(F)c4)C3=O)cc2)cc1[N+](=O)[O-]. The van der Waals surface area contributed by atoms with Gasteiger partial charge in [0.25, 0.3) is 11.6 Å². The summed E-state index contributed by atoms with van der Waals surface area (Å²) in [4.78, 5) is 39.3. The maximum Gasteiger partial charge on any atom is 0.324 e. The molecule has 1 aliphatic rings. The number of aryl methyl sites for hydroxylation is 1. The van der Waals surface area contributed by atoms with Crippen LogP contribution in [0, 0.1) is 28.7 Å². The standard InChI is InChI=1S/C25H22F2N4O4/c1-16-3-5-18(14-23(16)31(34)35)24(32)28-19-6-8-20(9-7-19)30-12-2-11-29(25(30)33)15-17-4-10-21(26)22(27)13-17/h3-10,13-14H,2,11-12,15H2,1H3,(H,28,32). The number of carbonyl (C=O) groups is 2. The zero-order valence-corrected chi connectivity index (χ0v) is 18.8. The number of hydrogen-bond acceptors (Lipinski definition) is 4. The number of urea groups is 1. The molecular formula is C25H22F2N4O4. The molecule has 1 saturated heterocycles. The Labute approximate surface area is 199 Å². The van der Waals surface area contributed by atoms with Crippen molar-refractivity contribution in [1.29, 1.82) is 0 Å². The van der Waals surface area contributed by atoms with Crippen LogP contribution >= 0.6 is 0 Å². The fraction of sp³-hybridized carbons (Fsp3) is 0.200. The van der Waals surface area contributed by atoms with Crippen LogP contribution in [0.15, 0.2) is 60.7 Å². The first-order chi connectivity index (χ1) is 16.7. The molecule has 35 heavy (non-hydrogen) atoms. The van der Waals surface area contributed by atoms with Crippen LogP contribution in [0.2, 0.25) is 0 Å². The first-order valence-corrected chi connectivity index (χ1v) is 10.9. The van der Waals surface area contributed by atoms with Gasteiger partial charge in [0.1, 0.15) is 0 Å². The summed E-state index contributed by atoms with van der Waals surface area (Å²) in [6.45, 7) is 2.74. The van der Waals surface area contributed by atoms with Crippen LogP contribution in [-0.2, 0) is 6.54 Å². The van der Waals surface area contributed by atoms with Gasteiger partial charge in [-0.05, 0) is 61.4 Å². The van der Waals surface area contributed by atoms with E-state index in [0.29, 0.717) is 42.0 Å². The minimum atomic E-state index is -0.957. The predicted molar refractivity (Wildman–Crippen MR) is 126 cm³/mol. The molecule has 0 aliphatic carbocycles. The molecule has 10 heteroatoms. The lowest BCUT2D eigenvalue weighted by Gasteiger charge is -2.35. The summed E-state index contributed by atoms with van der Waals surface area (Å²) < 4.78 is 26.7. The summed E-state index contributed by atoms with van der Waals surface area (Å²) >= 11 is 0. The van der Waals surface area contributed by atoms with E-state index in [1.165, 1.54) is 24.3 Å².